The molecule has 0 saturated heterocycles. The molecule has 0 amide bonds. The Morgan fingerprint density at radius 1 is 1.59 bits per heavy atom. The van der Waals surface area contributed by atoms with Gasteiger partial charge in [-0.2, -0.15) is 0 Å². The molecule has 0 fully saturated rings. The minimum absolute atomic E-state index is 0.190. The first kappa shape index (κ1) is 14.0. The molecule has 3 heteroatoms. The normalized spacial score (nSPS) is 11.9. The van der Waals surface area contributed by atoms with Crippen LogP contribution in [0.1, 0.15) is 31.7 Å². The standard InChI is InChI=1S/C14H17BrO2/c1-10(2)9-17-13-6-4-5-12(14(13)15)11(3)7-8-16/h4-6,8,11H,1,7,9H2,2-3H3. The van der Waals surface area contributed by atoms with Crippen molar-refractivity contribution in [3.63, 3.8) is 0 Å². The van der Waals surface area contributed by atoms with Gasteiger partial charge in [-0.3, -0.25) is 0 Å². The zero-order valence-electron chi connectivity index (χ0n) is 10.2. The van der Waals surface area contributed by atoms with E-state index >= 15 is 0 Å². The zero-order valence-corrected chi connectivity index (χ0v) is 11.8. The highest BCUT2D eigenvalue weighted by molar-refractivity contribution is 9.10. The maximum absolute atomic E-state index is 10.5. The minimum atomic E-state index is 0.190. The second kappa shape index (κ2) is 6.60. The average Bonchev–Trinajstić information content (AvgIpc) is 2.27. The van der Waals surface area contributed by atoms with Crippen molar-refractivity contribution in [1.82, 2.24) is 0 Å². The lowest BCUT2D eigenvalue weighted by molar-refractivity contribution is -0.108. The summed E-state index contributed by atoms with van der Waals surface area (Å²) < 4.78 is 6.56. The van der Waals surface area contributed by atoms with Gasteiger partial charge in [-0.1, -0.05) is 25.6 Å². The van der Waals surface area contributed by atoms with Crippen LogP contribution in [0.15, 0.2) is 34.8 Å². The third kappa shape index (κ3) is 4.00. The lowest BCUT2D eigenvalue weighted by Crippen LogP contribution is -2.01. The van der Waals surface area contributed by atoms with Crippen LogP contribution < -0.4 is 4.74 Å². The summed E-state index contributed by atoms with van der Waals surface area (Å²) in [5.74, 6) is 0.985. The van der Waals surface area contributed by atoms with Gasteiger partial charge in [0.25, 0.3) is 0 Å². The van der Waals surface area contributed by atoms with Gasteiger partial charge in [0.1, 0.15) is 18.6 Å². The number of carbonyl (C=O) groups is 1. The third-order valence-electron chi connectivity index (χ3n) is 2.45. The van der Waals surface area contributed by atoms with Crippen molar-refractivity contribution in [2.45, 2.75) is 26.2 Å². The van der Waals surface area contributed by atoms with E-state index in [1.807, 2.05) is 32.0 Å². The minimum Gasteiger partial charge on any atom is -0.488 e. The predicted molar refractivity (Wildman–Crippen MR) is 73.5 cm³/mol. The Morgan fingerprint density at radius 3 is 2.88 bits per heavy atom. The summed E-state index contributed by atoms with van der Waals surface area (Å²) in [6, 6.07) is 5.85. The summed E-state index contributed by atoms with van der Waals surface area (Å²) >= 11 is 3.53. The smallest absolute Gasteiger partial charge is 0.134 e. The van der Waals surface area contributed by atoms with Crippen LogP contribution in [0.3, 0.4) is 0 Å². The van der Waals surface area contributed by atoms with Gasteiger partial charge in [0.2, 0.25) is 0 Å². The molecule has 1 atom stereocenters. The van der Waals surface area contributed by atoms with Crippen LogP contribution in [0, 0.1) is 0 Å². The van der Waals surface area contributed by atoms with Crippen LogP contribution >= 0.6 is 15.9 Å². The topological polar surface area (TPSA) is 26.3 Å². The van der Waals surface area contributed by atoms with Crippen LogP contribution in [0.4, 0.5) is 0 Å². The van der Waals surface area contributed by atoms with Gasteiger partial charge in [-0.15, -0.1) is 0 Å². The van der Waals surface area contributed by atoms with Gasteiger partial charge in [-0.25, -0.2) is 0 Å². The highest BCUT2D eigenvalue weighted by atomic mass is 79.9. The molecule has 0 radical (unpaired) electrons. The summed E-state index contributed by atoms with van der Waals surface area (Å²) in [5.41, 5.74) is 2.07. The van der Waals surface area contributed by atoms with E-state index < -0.39 is 0 Å². The fraction of sp³-hybridized carbons (Fsp3) is 0.357. The van der Waals surface area contributed by atoms with E-state index in [1.54, 1.807) is 0 Å². The number of hydrogen-bond acceptors (Lipinski definition) is 2. The Balaban J connectivity index is 2.90. The summed E-state index contributed by atoms with van der Waals surface area (Å²) in [4.78, 5) is 10.5. The van der Waals surface area contributed by atoms with E-state index in [0.29, 0.717) is 13.0 Å². The molecular formula is C14H17BrO2. The van der Waals surface area contributed by atoms with Crippen molar-refractivity contribution in [1.29, 1.82) is 0 Å². The number of aldehydes is 1. The molecule has 0 aromatic heterocycles. The number of ether oxygens (including phenoxy) is 1. The average molecular weight is 297 g/mol. The van der Waals surface area contributed by atoms with Gasteiger partial charge in [-0.05, 0) is 46.0 Å². The molecule has 0 bridgehead atoms. The van der Waals surface area contributed by atoms with Gasteiger partial charge in [0, 0.05) is 6.42 Å². The molecule has 1 rings (SSSR count). The van der Waals surface area contributed by atoms with E-state index in [0.717, 1.165) is 27.6 Å². The molecule has 1 aromatic rings. The number of benzene rings is 1. The molecule has 0 aliphatic rings. The van der Waals surface area contributed by atoms with Gasteiger partial charge in [0.15, 0.2) is 0 Å². The molecule has 17 heavy (non-hydrogen) atoms. The Labute approximate surface area is 111 Å². The Kier molecular flexibility index (Phi) is 5.42. The molecule has 0 aliphatic carbocycles. The molecule has 1 aromatic carbocycles. The molecule has 0 heterocycles. The lowest BCUT2D eigenvalue weighted by atomic mass is 9.98. The first-order chi connectivity index (χ1) is 8.06. The quantitative estimate of drug-likeness (QED) is 0.584. The van der Waals surface area contributed by atoms with Crippen molar-refractivity contribution >= 4 is 22.2 Å². The number of halogens is 1. The number of hydrogen-bond donors (Lipinski definition) is 0. The molecular weight excluding hydrogens is 280 g/mol. The molecule has 92 valence electrons. The van der Waals surface area contributed by atoms with Gasteiger partial charge < -0.3 is 9.53 Å². The van der Waals surface area contributed by atoms with Crippen molar-refractivity contribution < 1.29 is 9.53 Å². The van der Waals surface area contributed by atoms with Crippen molar-refractivity contribution in [2.24, 2.45) is 0 Å². The van der Waals surface area contributed by atoms with E-state index in [1.165, 1.54) is 0 Å². The Bertz CT molecular complexity index is 413. The van der Waals surface area contributed by atoms with Crippen molar-refractivity contribution in [3.05, 3.63) is 40.4 Å². The van der Waals surface area contributed by atoms with Crippen LogP contribution in [0.25, 0.3) is 0 Å². The molecule has 0 aliphatic heterocycles. The molecule has 0 saturated carbocycles. The van der Waals surface area contributed by atoms with E-state index in [4.69, 9.17) is 4.74 Å². The van der Waals surface area contributed by atoms with Crippen LogP contribution in [-0.4, -0.2) is 12.9 Å². The first-order valence-electron chi connectivity index (χ1n) is 5.55. The van der Waals surface area contributed by atoms with E-state index in [9.17, 15) is 4.79 Å². The first-order valence-corrected chi connectivity index (χ1v) is 6.34. The Morgan fingerprint density at radius 2 is 2.29 bits per heavy atom. The number of rotatable bonds is 6. The number of carbonyl (C=O) groups excluding carboxylic acids is 1. The zero-order chi connectivity index (χ0) is 12.8. The summed E-state index contributed by atoms with van der Waals surface area (Å²) in [5, 5.41) is 0. The second-order valence-corrected chi connectivity index (χ2v) is 5.00. The highest BCUT2D eigenvalue weighted by Crippen LogP contribution is 2.34. The van der Waals surface area contributed by atoms with Gasteiger partial charge >= 0.3 is 0 Å². The van der Waals surface area contributed by atoms with Gasteiger partial charge in [0.05, 0.1) is 4.47 Å². The monoisotopic (exact) mass is 296 g/mol. The fourth-order valence-corrected chi connectivity index (χ4v) is 2.26. The summed E-state index contributed by atoms with van der Waals surface area (Å²) in [7, 11) is 0. The van der Waals surface area contributed by atoms with Crippen LogP contribution in [0.2, 0.25) is 0 Å². The predicted octanol–water partition coefficient (Wildman–Crippen LogP) is 4.10. The molecule has 0 spiro atoms. The molecule has 1 unspecified atom stereocenters. The lowest BCUT2D eigenvalue weighted by Gasteiger charge is -2.14. The van der Waals surface area contributed by atoms with E-state index in [-0.39, 0.29) is 5.92 Å². The van der Waals surface area contributed by atoms with Crippen LogP contribution in [-0.2, 0) is 4.79 Å². The summed E-state index contributed by atoms with van der Waals surface area (Å²) in [6.45, 7) is 8.25. The fourth-order valence-electron chi connectivity index (χ4n) is 1.49. The second-order valence-electron chi connectivity index (χ2n) is 4.21. The maximum atomic E-state index is 10.5. The van der Waals surface area contributed by atoms with E-state index in [2.05, 4.69) is 22.5 Å². The molecule has 2 nitrogen and oxygen atoms in total. The summed E-state index contributed by atoms with van der Waals surface area (Å²) in [6.07, 6.45) is 1.46. The SMILES string of the molecule is C=C(C)COc1cccc(C(C)CC=O)c1Br. The van der Waals surface area contributed by atoms with Crippen molar-refractivity contribution in [3.8, 4) is 5.75 Å². The highest BCUT2D eigenvalue weighted by Gasteiger charge is 2.12. The van der Waals surface area contributed by atoms with Crippen molar-refractivity contribution in [2.75, 3.05) is 6.61 Å². The largest absolute Gasteiger partial charge is 0.488 e. The van der Waals surface area contributed by atoms with Crippen LogP contribution in [0.5, 0.6) is 5.75 Å². The molecule has 0 N–H and O–H groups in total. The maximum Gasteiger partial charge on any atom is 0.134 e. The Hall–Kier alpha value is -1.09. The third-order valence-corrected chi connectivity index (χ3v) is 3.30.